The molecule has 0 radical (unpaired) electrons. The van der Waals surface area contributed by atoms with Crippen molar-refractivity contribution in [2.45, 2.75) is 51.7 Å². The molecule has 1 aliphatic rings. The summed E-state index contributed by atoms with van der Waals surface area (Å²) in [4.78, 5) is 11.9. The minimum Gasteiger partial charge on any atom is -0.463 e. The van der Waals surface area contributed by atoms with Gasteiger partial charge in [0.1, 0.15) is 17.1 Å². The molecule has 0 aromatic carbocycles. The lowest BCUT2D eigenvalue weighted by Gasteiger charge is -2.23. The Morgan fingerprint density at radius 2 is 2.25 bits per heavy atom. The zero-order valence-corrected chi connectivity index (χ0v) is 12.4. The minimum atomic E-state index is -1.20. The summed E-state index contributed by atoms with van der Waals surface area (Å²) in [6.45, 7) is 5.72. The highest BCUT2D eigenvalue weighted by Crippen LogP contribution is 2.25. The number of nitrogens with one attached hydrogen (secondary N) is 2. The summed E-state index contributed by atoms with van der Waals surface area (Å²) in [7, 11) is 0. The number of amides is 2. The van der Waals surface area contributed by atoms with E-state index < -0.39 is 5.60 Å². The van der Waals surface area contributed by atoms with Gasteiger partial charge < -0.3 is 20.2 Å². The molecule has 0 unspecified atom stereocenters. The molecular weight excluding hydrogens is 256 g/mol. The quantitative estimate of drug-likeness (QED) is 0.792. The van der Waals surface area contributed by atoms with Crippen LogP contribution in [-0.2, 0) is 5.60 Å². The molecule has 1 heterocycles. The van der Waals surface area contributed by atoms with Crippen LogP contribution in [0.5, 0.6) is 0 Å². The number of hydrogen-bond donors (Lipinski definition) is 3. The monoisotopic (exact) mass is 280 g/mol. The van der Waals surface area contributed by atoms with Crippen molar-refractivity contribution in [3.8, 4) is 0 Å². The standard InChI is InChI=1S/C15H24N2O3/c1-10-5-4-6-12(10)17-14(18)16-9-15(3,19)13-8-7-11(2)20-13/h7-8,10,12,19H,4-6,9H2,1-3H3,(H2,16,17,18)/t10-,12-,15+/m0/s1. The molecule has 2 rings (SSSR count). The van der Waals surface area contributed by atoms with Crippen LogP contribution in [0.25, 0.3) is 0 Å². The lowest BCUT2D eigenvalue weighted by Crippen LogP contribution is -2.47. The first-order valence-electron chi connectivity index (χ1n) is 7.22. The fourth-order valence-electron chi connectivity index (χ4n) is 2.64. The molecule has 2 amide bonds. The van der Waals surface area contributed by atoms with Gasteiger partial charge in [-0.25, -0.2) is 4.79 Å². The van der Waals surface area contributed by atoms with Gasteiger partial charge in [0.15, 0.2) is 0 Å². The van der Waals surface area contributed by atoms with E-state index in [2.05, 4.69) is 17.6 Å². The molecule has 20 heavy (non-hydrogen) atoms. The van der Waals surface area contributed by atoms with Gasteiger partial charge in [-0.3, -0.25) is 0 Å². The van der Waals surface area contributed by atoms with Gasteiger partial charge in [0.2, 0.25) is 0 Å². The van der Waals surface area contributed by atoms with E-state index >= 15 is 0 Å². The fraction of sp³-hybridized carbons (Fsp3) is 0.667. The molecule has 1 aromatic rings. The average Bonchev–Trinajstić information content (AvgIpc) is 2.97. The first-order chi connectivity index (χ1) is 9.38. The van der Waals surface area contributed by atoms with E-state index in [4.69, 9.17) is 4.42 Å². The Morgan fingerprint density at radius 3 is 2.80 bits per heavy atom. The van der Waals surface area contributed by atoms with Gasteiger partial charge in [0.05, 0.1) is 6.54 Å². The van der Waals surface area contributed by atoms with Crippen molar-refractivity contribution in [3.05, 3.63) is 23.7 Å². The topological polar surface area (TPSA) is 74.5 Å². The van der Waals surface area contributed by atoms with E-state index in [0.29, 0.717) is 11.7 Å². The van der Waals surface area contributed by atoms with Crippen molar-refractivity contribution in [1.82, 2.24) is 10.6 Å². The fourth-order valence-corrected chi connectivity index (χ4v) is 2.64. The maximum Gasteiger partial charge on any atom is 0.315 e. The highest BCUT2D eigenvalue weighted by molar-refractivity contribution is 5.74. The van der Waals surface area contributed by atoms with E-state index in [9.17, 15) is 9.90 Å². The van der Waals surface area contributed by atoms with Crippen molar-refractivity contribution in [1.29, 1.82) is 0 Å². The highest BCUT2D eigenvalue weighted by Gasteiger charge is 2.29. The van der Waals surface area contributed by atoms with E-state index in [1.165, 1.54) is 0 Å². The third-order valence-corrected chi connectivity index (χ3v) is 4.04. The Labute approximate surface area is 119 Å². The molecule has 0 spiro atoms. The zero-order valence-electron chi connectivity index (χ0n) is 12.4. The normalized spacial score (nSPS) is 25.2. The van der Waals surface area contributed by atoms with Crippen LogP contribution in [0.1, 0.15) is 44.6 Å². The lowest BCUT2D eigenvalue weighted by atomic mass is 10.0. The highest BCUT2D eigenvalue weighted by atomic mass is 16.4. The maximum atomic E-state index is 11.9. The van der Waals surface area contributed by atoms with Crippen molar-refractivity contribution < 1.29 is 14.3 Å². The minimum absolute atomic E-state index is 0.118. The maximum absolute atomic E-state index is 11.9. The molecule has 1 aromatic heterocycles. The zero-order chi connectivity index (χ0) is 14.8. The molecule has 5 nitrogen and oxygen atoms in total. The van der Waals surface area contributed by atoms with Gasteiger partial charge >= 0.3 is 6.03 Å². The van der Waals surface area contributed by atoms with E-state index in [-0.39, 0.29) is 18.6 Å². The SMILES string of the molecule is Cc1ccc([C@](C)(O)CNC(=O)N[C@H]2CCC[C@@H]2C)o1. The molecule has 1 saturated carbocycles. The van der Waals surface area contributed by atoms with Crippen molar-refractivity contribution in [2.75, 3.05) is 6.54 Å². The molecule has 1 fully saturated rings. The summed E-state index contributed by atoms with van der Waals surface area (Å²) in [5, 5.41) is 16.0. The third-order valence-electron chi connectivity index (χ3n) is 4.04. The van der Waals surface area contributed by atoms with E-state index in [1.54, 1.807) is 19.1 Å². The van der Waals surface area contributed by atoms with Gasteiger partial charge in [-0.1, -0.05) is 13.3 Å². The average molecular weight is 280 g/mol. The summed E-state index contributed by atoms with van der Waals surface area (Å²) < 4.78 is 5.41. The second-order valence-corrected chi connectivity index (χ2v) is 6.03. The number of aryl methyl sites for hydroxylation is 1. The van der Waals surface area contributed by atoms with Crippen LogP contribution >= 0.6 is 0 Å². The van der Waals surface area contributed by atoms with Gasteiger partial charge in [0.25, 0.3) is 0 Å². The van der Waals surface area contributed by atoms with Crippen molar-refractivity contribution in [2.24, 2.45) is 5.92 Å². The first kappa shape index (κ1) is 14.9. The molecule has 1 aliphatic carbocycles. The first-order valence-corrected chi connectivity index (χ1v) is 7.22. The van der Waals surface area contributed by atoms with Gasteiger partial charge in [-0.05, 0) is 44.7 Å². The van der Waals surface area contributed by atoms with Crippen LogP contribution in [0.3, 0.4) is 0 Å². The Bertz CT molecular complexity index is 467. The lowest BCUT2D eigenvalue weighted by molar-refractivity contribution is 0.0358. The number of carbonyl (C=O) groups is 1. The van der Waals surface area contributed by atoms with Crippen LogP contribution in [0.4, 0.5) is 4.79 Å². The molecule has 112 valence electrons. The Hall–Kier alpha value is -1.49. The summed E-state index contributed by atoms with van der Waals surface area (Å²) in [6.07, 6.45) is 3.35. The number of carbonyl (C=O) groups excluding carboxylic acids is 1. The number of rotatable bonds is 4. The summed E-state index contributed by atoms with van der Waals surface area (Å²) in [6, 6.07) is 3.54. The number of hydrogen-bond acceptors (Lipinski definition) is 3. The van der Waals surface area contributed by atoms with Crippen LogP contribution in [0, 0.1) is 12.8 Å². The van der Waals surface area contributed by atoms with Crippen LogP contribution < -0.4 is 10.6 Å². The van der Waals surface area contributed by atoms with Crippen molar-refractivity contribution in [3.63, 3.8) is 0 Å². The van der Waals surface area contributed by atoms with Crippen LogP contribution in [-0.4, -0.2) is 23.7 Å². The second kappa shape index (κ2) is 5.87. The number of furan rings is 1. The van der Waals surface area contributed by atoms with E-state index in [1.807, 2.05) is 6.92 Å². The molecule has 0 aliphatic heterocycles. The molecule has 3 N–H and O–H groups in total. The summed E-state index contributed by atoms with van der Waals surface area (Å²) >= 11 is 0. The Morgan fingerprint density at radius 1 is 1.50 bits per heavy atom. The molecule has 3 atom stereocenters. The second-order valence-electron chi connectivity index (χ2n) is 6.03. The van der Waals surface area contributed by atoms with Gasteiger partial charge in [-0.15, -0.1) is 0 Å². The number of urea groups is 1. The Kier molecular flexibility index (Phi) is 4.38. The van der Waals surface area contributed by atoms with Gasteiger partial charge in [-0.2, -0.15) is 0 Å². The smallest absolute Gasteiger partial charge is 0.315 e. The van der Waals surface area contributed by atoms with E-state index in [0.717, 1.165) is 25.0 Å². The molecule has 5 heteroatoms. The number of aliphatic hydroxyl groups is 1. The largest absolute Gasteiger partial charge is 0.463 e. The predicted octanol–water partition coefficient (Wildman–Crippen LogP) is 2.28. The Balaban J connectivity index is 1.83. The molecule has 0 bridgehead atoms. The van der Waals surface area contributed by atoms with Crippen molar-refractivity contribution >= 4 is 6.03 Å². The van der Waals surface area contributed by atoms with Crippen LogP contribution in [0.15, 0.2) is 16.5 Å². The summed E-state index contributed by atoms with van der Waals surface area (Å²) in [5.41, 5.74) is -1.20. The predicted molar refractivity (Wildman–Crippen MR) is 76.4 cm³/mol. The molecular formula is C15H24N2O3. The molecule has 0 saturated heterocycles. The van der Waals surface area contributed by atoms with Crippen LogP contribution in [0.2, 0.25) is 0 Å². The summed E-state index contributed by atoms with van der Waals surface area (Å²) in [5.74, 6) is 1.73. The van der Waals surface area contributed by atoms with Gasteiger partial charge in [0, 0.05) is 6.04 Å². The third kappa shape index (κ3) is 3.54.